The molecule has 1 aromatic heterocycles. The summed E-state index contributed by atoms with van der Waals surface area (Å²) >= 11 is 0. The minimum Gasteiger partial charge on any atom is -0.439 e. The average Bonchev–Trinajstić information content (AvgIpc) is 2.67. The molecule has 0 aliphatic carbocycles. The maximum absolute atomic E-state index is 12.8. The molecule has 2 N–H and O–H groups in total. The first kappa shape index (κ1) is 16.7. The van der Waals surface area contributed by atoms with E-state index < -0.39 is 11.5 Å². The molecule has 2 heterocycles. The topological polar surface area (TPSA) is 92.5 Å². The molecule has 0 saturated carbocycles. The van der Waals surface area contributed by atoms with Crippen LogP contribution < -0.4 is 16.1 Å². The largest absolute Gasteiger partial charge is 0.439 e. The molecule has 4 rings (SSSR count). The van der Waals surface area contributed by atoms with E-state index in [9.17, 15) is 10.1 Å². The van der Waals surface area contributed by atoms with Crippen LogP contribution in [-0.2, 0) is 0 Å². The fraction of sp³-hybridized carbons (Fsp3) is 0.143. The second-order valence-corrected chi connectivity index (χ2v) is 6.56. The Morgan fingerprint density at radius 2 is 1.81 bits per heavy atom. The molecule has 1 atom stereocenters. The number of rotatable bonds is 2. The van der Waals surface area contributed by atoms with E-state index in [2.05, 4.69) is 6.07 Å². The summed E-state index contributed by atoms with van der Waals surface area (Å²) in [5, 5.41) is 10.5. The van der Waals surface area contributed by atoms with Crippen LogP contribution in [0.2, 0.25) is 0 Å². The van der Waals surface area contributed by atoms with Crippen molar-refractivity contribution >= 4 is 16.7 Å². The van der Waals surface area contributed by atoms with Crippen LogP contribution in [0.4, 0.5) is 5.69 Å². The van der Waals surface area contributed by atoms with E-state index >= 15 is 0 Å². The second-order valence-electron chi connectivity index (χ2n) is 6.56. The first-order valence-corrected chi connectivity index (χ1v) is 8.42. The molecule has 6 nitrogen and oxygen atoms in total. The predicted molar refractivity (Wildman–Crippen MR) is 102 cm³/mol. The summed E-state index contributed by atoms with van der Waals surface area (Å²) in [5.74, 6) is 0.228. The summed E-state index contributed by atoms with van der Waals surface area (Å²) in [6, 6.07) is 16.5. The van der Waals surface area contributed by atoms with Gasteiger partial charge in [-0.25, -0.2) is 4.79 Å². The van der Waals surface area contributed by atoms with E-state index in [0.717, 1.165) is 5.56 Å². The van der Waals surface area contributed by atoms with Gasteiger partial charge in [-0.2, -0.15) is 5.26 Å². The van der Waals surface area contributed by atoms with Gasteiger partial charge in [0.25, 0.3) is 0 Å². The van der Waals surface area contributed by atoms with E-state index in [1.165, 1.54) is 0 Å². The standard InChI is InChI=1S/C21H17N3O3/c1-24(2)20-15(11-22)17(12-7-9-13(23)10-8-12)18-19(27-20)14-5-3-4-6-16(14)26-21(18)25/h3-10,17H,23H2,1-2H3. The van der Waals surface area contributed by atoms with Gasteiger partial charge in [0.05, 0.1) is 16.9 Å². The van der Waals surface area contributed by atoms with Crippen LogP contribution in [0.15, 0.2) is 69.2 Å². The third-order valence-corrected chi connectivity index (χ3v) is 4.60. The van der Waals surface area contributed by atoms with Gasteiger partial charge in [0, 0.05) is 19.8 Å². The number of nitrogen functional groups attached to an aromatic ring is 1. The zero-order valence-electron chi connectivity index (χ0n) is 14.9. The van der Waals surface area contributed by atoms with Crippen molar-refractivity contribution in [1.82, 2.24) is 4.90 Å². The molecule has 2 aromatic carbocycles. The average molecular weight is 359 g/mol. The number of benzene rings is 2. The summed E-state index contributed by atoms with van der Waals surface area (Å²) in [7, 11) is 3.59. The number of hydrogen-bond donors (Lipinski definition) is 1. The molecule has 0 spiro atoms. The second kappa shape index (κ2) is 6.22. The third-order valence-electron chi connectivity index (χ3n) is 4.60. The highest BCUT2D eigenvalue weighted by molar-refractivity contribution is 5.86. The van der Waals surface area contributed by atoms with Gasteiger partial charge in [-0.1, -0.05) is 24.3 Å². The van der Waals surface area contributed by atoms with Crippen LogP contribution in [-0.4, -0.2) is 19.0 Å². The lowest BCUT2D eigenvalue weighted by Gasteiger charge is -2.30. The van der Waals surface area contributed by atoms with Crippen LogP contribution in [0.25, 0.3) is 11.0 Å². The Morgan fingerprint density at radius 1 is 1.11 bits per heavy atom. The number of nitriles is 1. The Morgan fingerprint density at radius 3 is 2.48 bits per heavy atom. The summed E-state index contributed by atoms with van der Waals surface area (Å²) in [4.78, 5) is 14.6. The summed E-state index contributed by atoms with van der Waals surface area (Å²) < 4.78 is 11.6. The highest BCUT2D eigenvalue weighted by atomic mass is 16.5. The normalized spacial score (nSPS) is 15.8. The summed E-state index contributed by atoms with van der Waals surface area (Å²) in [5.41, 5.74) is 7.77. The van der Waals surface area contributed by atoms with E-state index in [1.54, 1.807) is 43.3 Å². The van der Waals surface area contributed by atoms with Crippen molar-refractivity contribution in [2.45, 2.75) is 5.92 Å². The van der Waals surface area contributed by atoms with Gasteiger partial charge < -0.3 is 19.8 Å². The molecule has 3 aromatic rings. The molecule has 1 unspecified atom stereocenters. The van der Waals surface area contributed by atoms with E-state index in [1.807, 2.05) is 24.3 Å². The Balaban J connectivity index is 2.10. The molecule has 0 saturated heterocycles. The zero-order chi connectivity index (χ0) is 19.1. The molecule has 27 heavy (non-hydrogen) atoms. The number of hydrogen-bond acceptors (Lipinski definition) is 6. The van der Waals surface area contributed by atoms with Crippen molar-refractivity contribution in [2.75, 3.05) is 19.8 Å². The molecule has 0 amide bonds. The molecule has 0 fully saturated rings. The molecular formula is C21H17N3O3. The Labute approximate surface area is 155 Å². The SMILES string of the molecule is CN(C)C1=C(C#N)C(c2ccc(N)cc2)c2c(c3ccccc3oc2=O)O1. The minimum atomic E-state index is -0.599. The van der Waals surface area contributed by atoms with Crippen molar-refractivity contribution in [3.63, 3.8) is 0 Å². The fourth-order valence-electron chi connectivity index (χ4n) is 3.38. The van der Waals surface area contributed by atoms with Gasteiger partial charge in [0.1, 0.15) is 17.2 Å². The van der Waals surface area contributed by atoms with Crippen LogP contribution in [0.3, 0.4) is 0 Å². The highest BCUT2D eigenvalue weighted by Crippen LogP contribution is 2.44. The van der Waals surface area contributed by atoms with Crippen molar-refractivity contribution in [3.05, 3.63) is 81.5 Å². The van der Waals surface area contributed by atoms with E-state index in [-0.39, 0.29) is 0 Å². The maximum Gasteiger partial charge on any atom is 0.344 e. The minimum absolute atomic E-state index is 0.320. The molecular weight excluding hydrogens is 342 g/mol. The van der Waals surface area contributed by atoms with Crippen LogP contribution in [0.1, 0.15) is 17.0 Å². The van der Waals surface area contributed by atoms with Crippen molar-refractivity contribution in [1.29, 1.82) is 5.26 Å². The van der Waals surface area contributed by atoms with Crippen molar-refractivity contribution < 1.29 is 9.15 Å². The number of nitrogens with zero attached hydrogens (tertiary/aromatic N) is 2. The summed E-state index contributed by atoms with van der Waals surface area (Å²) in [6.45, 7) is 0. The number of fused-ring (bicyclic) bond motifs is 3. The first-order valence-electron chi connectivity index (χ1n) is 8.42. The third kappa shape index (κ3) is 2.61. The lowest BCUT2D eigenvalue weighted by Crippen LogP contribution is -2.29. The van der Waals surface area contributed by atoms with Crippen LogP contribution in [0, 0.1) is 11.3 Å². The molecule has 134 valence electrons. The van der Waals surface area contributed by atoms with Gasteiger partial charge in [0.15, 0.2) is 5.75 Å². The Bertz CT molecular complexity index is 1170. The number of para-hydroxylation sites is 1. The number of nitrogens with two attached hydrogens (primary N) is 1. The zero-order valence-corrected chi connectivity index (χ0v) is 14.9. The Kier molecular flexibility index (Phi) is 3.85. The van der Waals surface area contributed by atoms with Gasteiger partial charge in [-0.15, -0.1) is 0 Å². The van der Waals surface area contributed by atoms with Gasteiger partial charge >= 0.3 is 5.63 Å². The monoisotopic (exact) mass is 359 g/mol. The summed E-state index contributed by atoms with van der Waals surface area (Å²) in [6.07, 6.45) is 0. The lowest BCUT2D eigenvalue weighted by molar-refractivity contribution is 0.264. The molecule has 1 aliphatic rings. The van der Waals surface area contributed by atoms with Crippen molar-refractivity contribution in [3.8, 4) is 11.8 Å². The number of anilines is 1. The van der Waals surface area contributed by atoms with Crippen LogP contribution >= 0.6 is 0 Å². The van der Waals surface area contributed by atoms with E-state index in [4.69, 9.17) is 14.9 Å². The highest BCUT2D eigenvalue weighted by Gasteiger charge is 2.36. The van der Waals surface area contributed by atoms with Crippen molar-refractivity contribution in [2.24, 2.45) is 0 Å². The molecule has 6 heteroatoms. The fourth-order valence-corrected chi connectivity index (χ4v) is 3.38. The lowest BCUT2D eigenvalue weighted by atomic mass is 9.83. The number of allylic oxidation sites excluding steroid dienone is 1. The quantitative estimate of drug-likeness (QED) is 0.558. The maximum atomic E-state index is 12.8. The molecule has 0 bridgehead atoms. The van der Waals surface area contributed by atoms with Gasteiger partial charge in [0.2, 0.25) is 5.88 Å². The smallest absolute Gasteiger partial charge is 0.344 e. The first-order chi connectivity index (χ1) is 13.0. The van der Waals surface area contributed by atoms with E-state index in [0.29, 0.717) is 39.4 Å². The predicted octanol–water partition coefficient (Wildman–Crippen LogP) is 3.20. The van der Waals surface area contributed by atoms with Crippen LogP contribution in [0.5, 0.6) is 5.75 Å². The van der Waals surface area contributed by atoms with Gasteiger partial charge in [-0.3, -0.25) is 0 Å². The Hall–Kier alpha value is -3.72. The number of ether oxygens (including phenoxy) is 1. The molecule has 1 aliphatic heterocycles. The molecule has 0 radical (unpaired) electrons. The van der Waals surface area contributed by atoms with Gasteiger partial charge in [-0.05, 0) is 29.8 Å².